The molecule has 1 aromatic heterocycles. The van der Waals surface area contributed by atoms with Gasteiger partial charge in [-0.15, -0.1) is 0 Å². The molecule has 0 N–H and O–H groups in total. The largest absolute Gasteiger partial charge is 0.497 e. The number of piperidine rings is 1. The maximum atomic E-state index is 12.7. The molecule has 0 bridgehead atoms. The fraction of sp³-hybridized carbons (Fsp3) is 0.400. The van der Waals surface area contributed by atoms with E-state index in [1.54, 1.807) is 26.5 Å². The molecule has 1 amide bonds. The molecule has 0 spiro atoms. The van der Waals surface area contributed by atoms with Crippen molar-refractivity contribution in [3.8, 4) is 5.75 Å². The minimum absolute atomic E-state index is 0.00474. The van der Waals surface area contributed by atoms with Crippen LogP contribution in [0.2, 0.25) is 0 Å². The molecule has 1 saturated heterocycles. The second-order valence-corrected chi connectivity index (χ2v) is 6.34. The van der Waals surface area contributed by atoms with Gasteiger partial charge in [0.15, 0.2) is 0 Å². The van der Waals surface area contributed by atoms with Crippen molar-refractivity contribution in [1.29, 1.82) is 0 Å². The van der Waals surface area contributed by atoms with Gasteiger partial charge in [-0.1, -0.05) is 18.2 Å². The van der Waals surface area contributed by atoms with Crippen molar-refractivity contribution in [3.05, 3.63) is 59.9 Å². The Bertz CT molecular complexity index is 688. The summed E-state index contributed by atoms with van der Waals surface area (Å²) >= 11 is 0. The predicted octanol–water partition coefficient (Wildman–Crippen LogP) is 2.81. The van der Waals surface area contributed by atoms with Gasteiger partial charge in [0.1, 0.15) is 11.4 Å². The Morgan fingerprint density at radius 1 is 1.20 bits per heavy atom. The molecule has 0 saturated carbocycles. The van der Waals surface area contributed by atoms with E-state index >= 15 is 0 Å². The Morgan fingerprint density at radius 3 is 2.64 bits per heavy atom. The van der Waals surface area contributed by atoms with Gasteiger partial charge < -0.3 is 14.4 Å². The number of likely N-dealkylation sites (tertiary alicyclic amines) is 1. The van der Waals surface area contributed by atoms with Gasteiger partial charge in [0, 0.05) is 32.3 Å². The van der Waals surface area contributed by atoms with Crippen molar-refractivity contribution in [2.75, 3.05) is 27.3 Å². The van der Waals surface area contributed by atoms with E-state index in [1.165, 1.54) is 5.56 Å². The van der Waals surface area contributed by atoms with E-state index in [-0.39, 0.29) is 17.9 Å². The Labute approximate surface area is 148 Å². The summed E-state index contributed by atoms with van der Waals surface area (Å²) in [5.74, 6) is 1.11. The summed E-state index contributed by atoms with van der Waals surface area (Å²) in [6, 6.07) is 13.5. The molecule has 1 aliphatic rings. The summed E-state index contributed by atoms with van der Waals surface area (Å²) in [5.41, 5.74) is 1.72. The first-order valence-electron chi connectivity index (χ1n) is 8.57. The highest BCUT2D eigenvalue weighted by atomic mass is 16.5. The lowest BCUT2D eigenvalue weighted by atomic mass is 9.88. The highest BCUT2D eigenvalue weighted by Gasteiger charge is 2.32. The average molecular weight is 340 g/mol. The molecule has 2 aromatic rings. The quantitative estimate of drug-likeness (QED) is 0.840. The number of methoxy groups -OCH3 is 2. The molecule has 132 valence electrons. The number of amides is 1. The van der Waals surface area contributed by atoms with Crippen LogP contribution in [0, 0.1) is 5.92 Å². The monoisotopic (exact) mass is 340 g/mol. The Balaban J connectivity index is 1.70. The minimum atomic E-state index is -0.00474. The minimum Gasteiger partial charge on any atom is -0.497 e. The summed E-state index contributed by atoms with van der Waals surface area (Å²) in [6.07, 6.45) is 3.53. The van der Waals surface area contributed by atoms with Crippen molar-refractivity contribution in [3.63, 3.8) is 0 Å². The topological polar surface area (TPSA) is 51.7 Å². The number of nitrogens with zero attached hydrogens (tertiary/aromatic N) is 2. The van der Waals surface area contributed by atoms with Crippen LogP contribution < -0.4 is 4.74 Å². The molecule has 25 heavy (non-hydrogen) atoms. The van der Waals surface area contributed by atoms with Gasteiger partial charge in [0.25, 0.3) is 5.91 Å². The van der Waals surface area contributed by atoms with Crippen LogP contribution in [0.4, 0.5) is 0 Å². The molecule has 5 nitrogen and oxygen atoms in total. The van der Waals surface area contributed by atoms with Crippen LogP contribution >= 0.6 is 0 Å². The van der Waals surface area contributed by atoms with Crippen molar-refractivity contribution in [2.45, 2.75) is 18.9 Å². The average Bonchev–Trinajstić information content (AvgIpc) is 2.68. The van der Waals surface area contributed by atoms with Crippen molar-refractivity contribution in [2.24, 2.45) is 5.92 Å². The smallest absolute Gasteiger partial charge is 0.272 e. The van der Waals surface area contributed by atoms with E-state index in [1.807, 2.05) is 29.2 Å². The fourth-order valence-electron chi connectivity index (χ4n) is 3.42. The first-order chi connectivity index (χ1) is 12.2. The lowest BCUT2D eigenvalue weighted by molar-refractivity contribution is -0.00317. The number of aromatic nitrogens is 1. The molecule has 3 rings (SSSR count). The Kier molecular flexibility index (Phi) is 5.66. The number of pyridine rings is 1. The zero-order valence-corrected chi connectivity index (χ0v) is 14.7. The number of hydrogen-bond acceptors (Lipinski definition) is 4. The van der Waals surface area contributed by atoms with Gasteiger partial charge in [-0.05, 0) is 42.7 Å². The molecule has 1 aromatic carbocycles. The van der Waals surface area contributed by atoms with E-state index in [9.17, 15) is 4.79 Å². The Morgan fingerprint density at radius 2 is 2.00 bits per heavy atom. The number of carbonyl (C=O) groups excluding carboxylic acids is 1. The van der Waals surface area contributed by atoms with E-state index in [2.05, 4.69) is 17.1 Å². The van der Waals surface area contributed by atoms with Gasteiger partial charge in [0.2, 0.25) is 0 Å². The van der Waals surface area contributed by atoms with Gasteiger partial charge >= 0.3 is 0 Å². The zero-order valence-electron chi connectivity index (χ0n) is 14.7. The SMILES string of the molecule is COc1ccc(C[C@@H]2CN(C(=O)c3ccccn3)CC[C@H]2OC)cc1. The number of carbonyl (C=O) groups is 1. The molecular formula is C20H24N2O3. The third-order valence-corrected chi connectivity index (χ3v) is 4.80. The number of rotatable bonds is 5. The van der Waals surface area contributed by atoms with Gasteiger partial charge in [-0.25, -0.2) is 0 Å². The van der Waals surface area contributed by atoms with E-state index < -0.39 is 0 Å². The predicted molar refractivity (Wildman–Crippen MR) is 95.7 cm³/mol. The van der Waals surface area contributed by atoms with Crippen LogP contribution in [0.1, 0.15) is 22.5 Å². The van der Waals surface area contributed by atoms with Gasteiger partial charge in [-0.2, -0.15) is 0 Å². The van der Waals surface area contributed by atoms with Crippen LogP contribution in [0.25, 0.3) is 0 Å². The molecule has 2 heterocycles. The summed E-state index contributed by atoms with van der Waals surface area (Å²) < 4.78 is 10.9. The lowest BCUT2D eigenvalue weighted by Crippen LogP contribution is -2.47. The lowest BCUT2D eigenvalue weighted by Gasteiger charge is -2.38. The van der Waals surface area contributed by atoms with Crippen molar-refractivity contribution in [1.82, 2.24) is 9.88 Å². The van der Waals surface area contributed by atoms with Crippen LogP contribution in [0.15, 0.2) is 48.7 Å². The molecule has 0 aliphatic carbocycles. The second-order valence-electron chi connectivity index (χ2n) is 6.34. The summed E-state index contributed by atoms with van der Waals surface area (Å²) in [4.78, 5) is 18.8. The highest BCUT2D eigenvalue weighted by Crippen LogP contribution is 2.25. The molecular weight excluding hydrogens is 316 g/mol. The van der Waals surface area contributed by atoms with Crippen LogP contribution in [-0.2, 0) is 11.2 Å². The standard InChI is InChI=1S/C20H24N2O3/c1-24-17-8-6-15(7-9-17)13-16-14-22(12-10-19(16)25-2)20(23)18-5-3-4-11-21-18/h3-9,11,16,19H,10,12-14H2,1-2H3/t16-,19-/m1/s1. The highest BCUT2D eigenvalue weighted by molar-refractivity contribution is 5.92. The number of hydrogen-bond donors (Lipinski definition) is 0. The maximum absolute atomic E-state index is 12.7. The summed E-state index contributed by atoms with van der Waals surface area (Å²) in [7, 11) is 3.42. The number of benzene rings is 1. The van der Waals surface area contributed by atoms with Crippen molar-refractivity contribution >= 4 is 5.91 Å². The molecule has 2 atom stereocenters. The van der Waals surface area contributed by atoms with Crippen LogP contribution in [-0.4, -0.2) is 49.2 Å². The van der Waals surface area contributed by atoms with Crippen LogP contribution in [0.5, 0.6) is 5.75 Å². The van der Waals surface area contributed by atoms with Gasteiger partial charge in [0.05, 0.1) is 13.2 Å². The first-order valence-corrected chi connectivity index (χ1v) is 8.57. The zero-order chi connectivity index (χ0) is 17.6. The van der Waals surface area contributed by atoms with E-state index in [0.717, 1.165) is 18.6 Å². The molecule has 0 unspecified atom stereocenters. The van der Waals surface area contributed by atoms with E-state index in [0.29, 0.717) is 18.8 Å². The van der Waals surface area contributed by atoms with Crippen LogP contribution in [0.3, 0.4) is 0 Å². The summed E-state index contributed by atoms with van der Waals surface area (Å²) in [5, 5.41) is 0. The third-order valence-electron chi connectivity index (χ3n) is 4.80. The molecule has 5 heteroatoms. The number of ether oxygens (including phenoxy) is 2. The van der Waals surface area contributed by atoms with Gasteiger partial charge in [-0.3, -0.25) is 9.78 Å². The second kappa shape index (κ2) is 8.12. The first kappa shape index (κ1) is 17.4. The Hall–Kier alpha value is -2.40. The molecule has 0 radical (unpaired) electrons. The fourth-order valence-corrected chi connectivity index (χ4v) is 3.42. The van der Waals surface area contributed by atoms with Crippen molar-refractivity contribution < 1.29 is 14.3 Å². The normalized spacial score (nSPS) is 20.3. The molecule has 1 aliphatic heterocycles. The summed E-state index contributed by atoms with van der Waals surface area (Å²) in [6.45, 7) is 1.38. The maximum Gasteiger partial charge on any atom is 0.272 e. The molecule has 1 fully saturated rings. The third kappa shape index (κ3) is 4.17. The van der Waals surface area contributed by atoms with E-state index in [4.69, 9.17) is 9.47 Å².